The zero-order valence-corrected chi connectivity index (χ0v) is 18.0. The van der Waals surface area contributed by atoms with Gasteiger partial charge in [-0.15, -0.1) is 0 Å². The molecule has 0 aromatic carbocycles. The molecule has 0 saturated heterocycles. The van der Waals surface area contributed by atoms with E-state index in [0.717, 1.165) is 12.5 Å². The molecule has 0 saturated carbocycles. The van der Waals surface area contributed by atoms with Gasteiger partial charge in [0.1, 0.15) is 0 Å². The van der Waals surface area contributed by atoms with E-state index in [1.165, 1.54) is 4.31 Å². The minimum Gasteiger partial charge on any atom is -0.372 e. The molecule has 0 spiro atoms. The molecular formula is C15H34N2O5S2. The van der Waals surface area contributed by atoms with Gasteiger partial charge in [-0.05, 0) is 33.1 Å². The molecule has 0 aromatic heterocycles. The first kappa shape index (κ1) is 23.8. The molecule has 2 atom stereocenters. The van der Waals surface area contributed by atoms with Gasteiger partial charge < -0.3 is 4.74 Å². The zero-order valence-electron chi connectivity index (χ0n) is 16.4. The van der Waals surface area contributed by atoms with Crippen LogP contribution in [-0.4, -0.2) is 64.5 Å². The van der Waals surface area contributed by atoms with Crippen molar-refractivity contribution in [2.24, 2.45) is 5.41 Å². The zero-order chi connectivity index (χ0) is 19.6. The molecule has 0 amide bonds. The summed E-state index contributed by atoms with van der Waals surface area (Å²) >= 11 is 0. The van der Waals surface area contributed by atoms with Gasteiger partial charge in [0.2, 0.25) is 20.0 Å². The third-order valence-corrected chi connectivity index (χ3v) is 5.90. The molecule has 24 heavy (non-hydrogen) atoms. The predicted molar refractivity (Wildman–Crippen MR) is 97.9 cm³/mol. The van der Waals surface area contributed by atoms with E-state index in [1.54, 1.807) is 20.8 Å². The minimum absolute atomic E-state index is 0.0152. The maximum atomic E-state index is 12.1. The average Bonchev–Trinajstić information content (AvgIpc) is 2.26. The largest absolute Gasteiger partial charge is 0.372 e. The Morgan fingerprint density at radius 3 is 1.75 bits per heavy atom. The molecule has 0 rings (SSSR count). The molecule has 0 aliphatic carbocycles. The van der Waals surface area contributed by atoms with Gasteiger partial charge in [-0.1, -0.05) is 20.8 Å². The number of nitrogens with zero attached hydrogens (tertiary/aromatic N) is 1. The van der Waals surface area contributed by atoms with E-state index < -0.39 is 31.7 Å². The van der Waals surface area contributed by atoms with Crippen LogP contribution in [0.3, 0.4) is 0 Å². The summed E-state index contributed by atoms with van der Waals surface area (Å²) in [6.45, 7) is 13.4. The van der Waals surface area contributed by atoms with Crippen LogP contribution in [0.15, 0.2) is 0 Å². The first-order valence-electron chi connectivity index (χ1n) is 7.92. The van der Waals surface area contributed by atoms with Gasteiger partial charge in [-0.3, -0.25) is 0 Å². The molecule has 0 fully saturated rings. The van der Waals surface area contributed by atoms with Gasteiger partial charge in [0, 0.05) is 18.6 Å². The molecule has 9 heteroatoms. The van der Waals surface area contributed by atoms with E-state index in [-0.39, 0.29) is 24.6 Å². The molecule has 0 aromatic rings. The Balaban J connectivity index is 5.44. The molecule has 0 aliphatic heterocycles. The van der Waals surface area contributed by atoms with Crippen molar-refractivity contribution < 1.29 is 21.6 Å². The summed E-state index contributed by atoms with van der Waals surface area (Å²) < 4.78 is 56.8. The van der Waals surface area contributed by atoms with Gasteiger partial charge in [0.25, 0.3) is 0 Å². The fourth-order valence-electron chi connectivity index (χ4n) is 1.98. The SMILES string of the molecule is CC(OC(CNS(C)(=O)=O)CN(C(C)(C)C)S(C)(=O)=O)C(C)(C)C. The number of rotatable bonds is 8. The minimum atomic E-state index is -3.47. The van der Waals surface area contributed by atoms with Crippen molar-refractivity contribution in [1.29, 1.82) is 0 Å². The van der Waals surface area contributed by atoms with Crippen molar-refractivity contribution in [2.75, 3.05) is 25.6 Å². The summed E-state index contributed by atoms with van der Waals surface area (Å²) in [6, 6.07) is 0. The fourth-order valence-corrected chi connectivity index (χ4v) is 3.91. The van der Waals surface area contributed by atoms with Crippen LogP contribution < -0.4 is 4.72 Å². The highest BCUT2D eigenvalue weighted by Gasteiger charge is 2.34. The van der Waals surface area contributed by atoms with E-state index in [9.17, 15) is 16.8 Å². The van der Waals surface area contributed by atoms with Crippen molar-refractivity contribution in [3.63, 3.8) is 0 Å². The lowest BCUT2D eigenvalue weighted by Crippen LogP contribution is -2.52. The lowest BCUT2D eigenvalue weighted by molar-refractivity contribution is -0.0620. The van der Waals surface area contributed by atoms with Crippen molar-refractivity contribution in [1.82, 2.24) is 9.03 Å². The van der Waals surface area contributed by atoms with E-state index in [2.05, 4.69) is 4.72 Å². The van der Waals surface area contributed by atoms with Crippen LogP contribution in [-0.2, 0) is 24.8 Å². The Hall–Kier alpha value is -0.220. The van der Waals surface area contributed by atoms with Crippen molar-refractivity contribution in [3.8, 4) is 0 Å². The van der Waals surface area contributed by atoms with Gasteiger partial charge in [0.05, 0.1) is 24.7 Å². The maximum absolute atomic E-state index is 12.1. The van der Waals surface area contributed by atoms with Crippen LogP contribution in [0.4, 0.5) is 0 Å². The average molecular weight is 387 g/mol. The smallest absolute Gasteiger partial charge is 0.211 e. The Morgan fingerprint density at radius 1 is 1.00 bits per heavy atom. The molecule has 0 radical (unpaired) electrons. The van der Waals surface area contributed by atoms with E-state index >= 15 is 0 Å². The van der Waals surface area contributed by atoms with Crippen LogP contribution in [0.1, 0.15) is 48.5 Å². The van der Waals surface area contributed by atoms with Gasteiger partial charge in [-0.25, -0.2) is 21.6 Å². The van der Waals surface area contributed by atoms with Crippen LogP contribution in [0.5, 0.6) is 0 Å². The molecule has 146 valence electrons. The highest BCUT2D eigenvalue weighted by Crippen LogP contribution is 2.24. The summed E-state index contributed by atoms with van der Waals surface area (Å²) in [4.78, 5) is 0. The second kappa shape index (κ2) is 7.99. The molecule has 1 N–H and O–H groups in total. The number of sulfonamides is 2. The standard InChI is InChI=1S/C15H34N2O5S2/c1-12(14(2,3)4)22-13(10-16-23(8,18)19)11-17(15(5,6)7)24(9,20)21/h12-13,16H,10-11H2,1-9H3. The number of ether oxygens (including phenoxy) is 1. The highest BCUT2D eigenvalue weighted by atomic mass is 32.2. The number of hydrogen-bond acceptors (Lipinski definition) is 5. The highest BCUT2D eigenvalue weighted by molar-refractivity contribution is 7.88. The summed E-state index contributed by atoms with van der Waals surface area (Å²) in [7, 11) is -6.86. The lowest BCUT2D eigenvalue weighted by Gasteiger charge is -2.38. The third-order valence-electron chi connectivity index (χ3n) is 3.71. The molecule has 0 aliphatic rings. The second-order valence-electron chi connectivity index (χ2n) is 8.35. The lowest BCUT2D eigenvalue weighted by atomic mass is 9.90. The third kappa shape index (κ3) is 9.31. The topological polar surface area (TPSA) is 92.8 Å². The Bertz CT molecular complexity index is 601. The summed E-state index contributed by atoms with van der Waals surface area (Å²) in [5.41, 5.74) is -0.785. The monoisotopic (exact) mass is 386 g/mol. The second-order valence-corrected chi connectivity index (χ2v) is 12.1. The Morgan fingerprint density at radius 2 is 1.46 bits per heavy atom. The molecule has 0 bridgehead atoms. The van der Waals surface area contributed by atoms with Gasteiger partial charge in [-0.2, -0.15) is 4.31 Å². The van der Waals surface area contributed by atoms with E-state index in [1.807, 2.05) is 27.7 Å². The normalized spacial score (nSPS) is 17.1. The molecule has 0 heterocycles. The van der Waals surface area contributed by atoms with Crippen LogP contribution in [0.2, 0.25) is 0 Å². The predicted octanol–water partition coefficient (Wildman–Crippen LogP) is 1.42. The van der Waals surface area contributed by atoms with Crippen molar-refractivity contribution in [3.05, 3.63) is 0 Å². The van der Waals surface area contributed by atoms with Crippen LogP contribution in [0, 0.1) is 5.41 Å². The summed E-state index contributed by atoms with van der Waals surface area (Å²) in [6.07, 6.45) is 1.44. The summed E-state index contributed by atoms with van der Waals surface area (Å²) in [5.74, 6) is 0. The van der Waals surface area contributed by atoms with Crippen LogP contribution in [0.25, 0.3) is 0 Å². The Kier molecular flexibility index (Phi) is 7.91. The Labute approximate surface area is 148 Å². The quantitative estimate of drug-likeness (QED) is 0.681. The van der Waals surface area contributed by atoms with E-state index in [0.29, 0.717) is 0 Å². The number of nitrogens with one attached hydrogen (secondary N) is 1. The fraction of sp³-hybridized carbons (Fsp3) is 1.00. The molecular weight excluding hydrogens is 352 g/mol. The summed E-state index contributed by atoms with van der Waals surface area (Å²) in [5, 5.41) is 0. The molecule has 2 unspecified atom stereocenters. The number of hydrogen-bond donors (Lipinski definition) is 1. The van der Waals surface area contributed by atoms with Crippen molar-refractivity contribution in [2.45, 2.75) is 66.2 Å². The van der Waals surface area contributed by atoms with Crippen molar-refractivity contribution >= 4 is 20.0 Å². The van der Waals surface area contributed by atoms with Gasteiger partial charge >= 0.3 is 0 Å². The maximum Gasteiger partial charge on any atom is 0.211 e. The first-order valence-corrected chi connectivity index (χ1v) is 11.7. The van der Waals surface area contributed by atoms with Gasteiger partial charge in [0.15, 0.2) is 0 Å². The van der Waals surface area contributed by atoms with Crippen LogP contribution >= 0.6 is 0 Å². The molecule has 7 nitrogen and oxygen atoms in total. The first-order chi connectivity index (χ1) is 10.3. The van der Waals surface area contributed by atoms with E-state index in [4.69, 9.17) is 4.74 Å².